The number of nitrogens with one attached hydrogen (secondary N) is 1. The van der Waals surface area contributed by atoms with Crippen molar-refractivity contribution in [3.8, 4) is 5.75 Å². The number of amides is 2. The van der Waals surface area contributed by atoms with Crippen LogP contribution in [0.5, 0.6) is 5.75 Å². The summed E-state index contributed by atoms with van der Waals surface area (Å²) in [6, 6.07) is 1.20. The lowest BCUT2D eigenvalue weighted by Crippen LogP contribution is -2.50. The summed E-state index contributed by atoms with van der Waals surface area (Å²) < 4.78 is 32.8. The third-order valence-electron chi connectivity index (χ3n) is 3.71. The molecule has 1 unspecified atom stereocenters. The summed E-state index contributed by atoms with van der Waals surface area (Å²) in [6.07, 6.45) is 0.684. The highest BCUT2D eigenvalue weighted by Crippen LogP contribution is 2.22. The van der Waals surface area contributed by atoms with Crippen LogP contribution in [0.2, 0.25) is 0 Å². The first-order valence-corrected chi connectivity index (χ1v) is 8.04. The molecule has 0 aliphatic carbocycles. The van der Waals surface area contributed by atoms with E-state index in [4.69, 9.17) is 4.74 Å². The van der Waals surface area contributed by atoms with Crippen molar-refractivity contribution in [1.29, 1.82) is 0 Å². The van der Waals surface area contributed by atoms with E-state index in [1.165, 1.54) is 4.90 Å². The monoisotopic (exact) mass is 356 g/mol. The molecule has 138 valence electrons. The van der Waals surface area contributed by atoms with E-state index in [1.54, 1.807) is 20.8 Å². The van der Waals surface area contributed by atoms with Crippen molar-refractivity contribution in [2.24, 2.45) is 0 Å². The molecule has 1 aliphatic heterocycles. The van der Waals surface area contributed by atoms with Crippen LogP contribution < -0.4 is 5.32 Å². The fourth-order valence-electron chi connectivity index (χ4n) is 2.59. The lowest BCUT2D eigenvalue weighted by Gasteiger charge is -2.34. The Morgan fingerprint density at radius 2 is 2.00 bits per heavy atom. The van der Waals surface area contributed by atoms with Gasteiger partial charge in [0.05, 0.1) is 0 Å². The molecular weight excluding hydrogens is 334 g/mol. The van der Waals surface area contributed by atoms with Crippen LogP contribution in [-0.4, -0.2) is 46.7 Å². The number of ether oxygens (including phenoxy) is 1. The first-order valence-electron chi connectivity index (χ1n) is 8.04. The maximum Gasteiger partial charge on any atom is 0.410 e. The van der Waals surface area contributed by atoms with Crippen LogP contribution in [0.4, 0.5) is 13.6 Å². The van der Waals surface area contributed by atoms with Crippen LogP contribution in [0.1, 0.15) is 44.0 Å². The summed E-state index contributed by atoms with van der Waals surface area (Å²) in [5.74, 6) is -4.14. The number of benzene rings is 1. The van der Waals surface area contributed by atoms with E-state index in [2.05, 4.69) is 5.32 Å². The first-order chi connectivity index (χ1) is 11.6. The SMILES string of the molecule is CC(C)(C)OC(=O)N1CCCC(NC(=O)c2c(F)ccc(O)c2F)C1. The van der Waals surface area contributed by atoms with E-state index >= 15 is 0 Å². The lowest BCUT2D eigenvalue weighted by atomic mass is 10.0. The summed E-state index contributed by atoms with van der Waals surface area (Å²) in [6.45, 7) is 5.92. The normalized spacial score (nSPS) is 18.0. The number of phenolic OH excluding ortho intramolecular Hbond substituents is 1. The van der Waals surface area contributed by atoms with Gasteiger partial charge in [-0.1, -0.05) is 0 Å². The molecule has 0 aromatic heterocycles. The minimum absolute atomic E-state index is 0.183. The molecule has 2 amide bonds. The van der Waals surface area contributed by atoms with Gasteiger partial charge in [-0.15, -0.1) is 0 Å². The smallest absolute Gasteiger partial charge is 0.410 e. The highest BCUT2D eigenvalue weighted by Gasteiger charge is 2.30. The highest BCUT2D eigenvalue weighted by atomic mass is 19.1. The van der Waals surface area contributed by atoms with Crippen molar-refractivity contribution in [2.45, 2.75) is 45.3 Å². The molecule has 2 N–H and O–H groups in total. The average molecular weight is 356 g/mol. The van der Waals surface area contributed by atoms with Gasteiger partial charge in [0.1, 0.15) is 17.0 Å². The topological polar surface area (TPSA) is 78.9 Å². The molecule has 1 aromatic rings. The number of hydrogen-bond acceptors (Lipinski definition) is 4. The number of halogens is 2. The molecule has 6 nitrogen and oxygen atoms in total. The number of hydrogen-bond donors (Lipinski definition) is 2. The van der Waals surface area contributed by atoms with E-state index in [-0.39, 0.29) is 6.54 Å². The van der Waals surface area contributed by atoms with Crippen molar-refractivity contribution in [3.05, 3.63) is 29.3 Å². The van der Waals surface area contributed by atoms with E-state index in [0.717, 1.165) is 12.1 Å². The second-order valence-corrected chi connectivity index (χ2v) is 6.99. The summed E-state index contributed by atoms with van der Waals surface area (Å²) in [5, 5.41) is 11.8. The van der Waals surface area contributed by atoms with Gasteiger partial charge in [0, 0.05) is 19.1 Å². The van der Waals surface area contributed by atoms with Gasteiger partial charge in [0.2, 0.25) is 0 Å². The van der Waals surface area contributed by atoms with Crippen LogP contribution in [0, 0.1) is 11.6 Å². The van der Waals surface area contributed by atoms with E-state index in [0.29, 0.717) is 19.4 Å². The second kappa shape index (κ2) is 7.25. The third kappa shape index (κ3) is 4.80. The molecule has 0 radical (unpaired) electrons. The number of likely N-dealkylation sites (tertiary alicyclic amines) is 1. The Balaban J connectivity index is 2.04. The zero-order valence-corrected chi connectivity index (χ0v) is 14.4. The Morgan fingerprint density at radius 1 is 1.32 bits per heavy atom. The van der Waals surface area contributed by atoms with Crippen LogP contribution in [0.25, 0.3) is 0 Å². The molecule has 1 heterocycles. The van der Waals surface area contributed by atoms with E-state index in [1.807, 2.05) is 0 Å². The number of nitrogens with zero attached hydrogens (tertiary/aromatic N) is 1. The summed E-state index contributed by atoms with van der Waals surface area (Å²) >= 11 is 0. The number of rotatable bonds is 2. The van der Waals surface area contributed by atoms with Gasteiger partial charge in [-0.3, -0.25) is 4.79 Å². The first kappa shape index (κ1) is 19.0. The van der Waals surface area contributed by atoms with Gasteiger partial charge in [-0.25, -0.2) is 13.6 Å². The zero-order valence-electron chi connectivity index (χ0n) is 14.4. The van der Waals surface area contributed by atoms with Gasteiger partial charge >= 0.3 is 6.09 Å². The minimum Gasteiger partial charge on any atom is -0.505 e. The van der Waals surface area contributed by atoms with E-state index < -0.39 is 46.6 Å². The highest BCUT2D eigenvalue weighted by molar-refractivity contribution is 5.95. The van der Waals surface area contributed by atoms with Gasteiger partial charge in [0.25, 0.3) is 5.91 Å². The van der Waals surface area contributed by atoms with Crippen LogP contribution in [-0.2, 0) is 4.74 Å². The molecule has 8 heteroatoms. The van der Waals surface area contributed by atoms with Crippen LogP contribution in [0.15, 0.2) is 12.1 Å². The van der Waals surface area contributed by atoms with Crippen LogP contribution >= 0.6 is 0 Å². The number of piperidine rings is 1. The van der Waals surface area contributed by atoms with E-state index in [9.17, 15) is 23.5 Å². The molecule has 2 rings (SSSR count). The predicted octanol–water partition coefficient (Wildman–Crippen LogP) is 2.80. The molecule has 1 aliphatic rings. The largest absolute Gasteiger partial charge is 0.505 e. The van der Waals surface area contributed by atoms with Crippen molar-refractivity contribution in [2.75, 3.05) is 13.1 Å². The quantitative estimate of drug-likeness (QED) is 0.854. The summed E-state index contributed by atoms with van der Waals surface area (Å²) in [4.78, 5) is 25.7. The van der Waals surface area contributed by atoms with Crippen molar-refractivity contribution in [1.82, 2.24) is 10.2 Å². The molecule has 0 saturated carbocycles. The van der Waals surface area contributed by atoms with Crippen molar-refractivity contribution < 1.29 is 28.2 Å². The summed E-state index contributed by atoms with van der Waals surface area (Å²) in [7, 11) is 0. The lowest BCUT2D eigenvalue weighted by molar-refractivity contribution is 0.0185. The van der Waals surface area contributed by atoms with Crippen LogP contribution in [0.3, 0.4) is 0 Å². The third-order valence-corrected chi connectivity index (χ3v) is 3.71. The summed E-state index contributed by atoms with van der Waals surface area (Å²) in [5.41, 5.74) is -1.48. The Labute approximate surface area is 144 Å². The number of phenols is 1. The molecular formula is C17H22F2N2O4. The average Bonchev–Trinajstić information content (AvgIpc) is 2.50. The number of carbonyl (C=O) groups is 2. The molecule has 0 spiro atoms. The van der Waals surface area contributed by atoms with Gasteiger partial charge in [0.15, 0.2) is 11.6 Å². The predicted molar refractivity (Wildman–Crippen MR) is 86.3 cm³/mol. The molecule has 1 atom stereocenters. The molecule has 1 aromatic carbocycles. The Kier molecular flexibility index (Phi) is 5.49. The van der Waals surface area contributed by atoms with Gasteiger partial charge in [-0.05, 0) is 45.7 Å². The van der Waals surface area contributed by atoms with Gasteiger partial charge in [-0.2, -0.15) is 0 Å². The maximum absolute atomic E-state index is 13.8. The number of carbonyl (C=O) groups excluding carboxylic acids is 2. The fraction of sp³-hybridized carbons (Fsp3) is 0.529. The molecule has 0 bridgehead atoms. The Morgan fingerprint density at radius 3 is 2.64 bits per heavy atom. The standard InChI is InChI=1S/C17H22F2N2O4/c1-17(2,3)25-16(24)21-8-4-5-10(9-21)20-15(23)13-11(18)6-7-12(22)14(13)19/h6-7,10,22H,4-5,8-9H2,1-3H3,(H,20,23). The fourth-order valence-corrected chi connectivity index (χ4v) is 2.59. The maximum atomic E-state index is 13.8. The molecule has 1 fully saturated rings. The Hall–Kier alpha value is -2.38. The van der Waals surface area contributed by atoms with Crippen molar-refractivity contribution >= 4 is 12.0 Å². The van der Waals surface area contributed by atoms with Crippen molar-refractivity contribution in [3.63, 3.8) is 0 Å². The Bertz CT molecular complexity index is 673. The van der Waals surface area contributed by atoms with Gasteiger partial charge < -0.3 is 20.1 Å². The number of aromatic hydroxyl groups is 1. The minimum atomic E-state index is -1.31. The zero-order chi connectivity index (χ0) is 18.8. The second-order valence-electron chi connectivity index (χ2n) is 6.99. The molecule has 1 saturated heterocycles. The molecule has 25 heavy (non-hydrogen) atoms.